The highest BCUT2D eigenvalue weighted by molar-refractivity contribution is 6.30. The van der Waals surface area contributed by atoms with Crippen molar-refractivity contribution in [3.05, 3.63) is 28.8 Å². The van der Waals surface area contributed by atoms with Gasteiger partial charge in [0.05, 0.1) is 6.10 Å². The minimum Gasteiger partial charge on any atom is -0.488 e. The molecule has 0 amide bonds. The number of ether oxygens (including phenoxy) is 2. The van der Waals surface area contributed by atoms with Crippen LogP contribution in [0.25, 0.3) is 0 Å². The van der Waals surface area contributed by atoms with Gasteiger partial charge in [0.1, 0.15) is 11.9 Å². The van der Waals surface area contributed by atoms with E-state index in [1.165, 1.54) is 5.56 Å². The molecule has 1 N–H and O–H groups in total. The van der Waals surface area contributed by atoms with Gasteiger partial charge in [-0.3, -0.25) is 0 Å². The lowest BCUT2D eigenvalue weighted by Gasteiger charge is -2.51. The van der Waals surface area contributed by atoms with Crippen molar-refractivity contribution in [2.75, 3.05) is 13.7 Å². The van der Waals surface area contributed by atoms with Crippen LogP contribution in [0.5, 0.6) is 5.75 Å². The SMILES string of the molecule is COC1CC(NCC2Cc3cc(Cl)ccc3O2)C1(C)C. The van der Waals surface area contributed by atoms with Gasteiger partial charge in [-0.2, -0.15) is 0 Å². The van der Waals surface area contributed by atoms with E-state index in [4.69, 9.17) is 21.1 Å². The first-order chi connectivity index (χ1) is 9.50. The Labute approximate surface area is 125 Å². The van der Waals surface area contributed by atoms with E-state index < -0.39 is 0 Å². The summed E-state index contributed by atoms with van der Waals surface area (Å²) in [4.78, 5) is 0. The van der Waals surface area contributed by atoms with Gasteiger partial charge in [-0.15, -0.1) is 0 Å². The minimum atomic E-state index is 0.198. The maximum absolute atomic E-state index is 6.01. The second-order valence-electron chi connectivity index (χ2n) is 6.44. The molecular formula is C16H22ClNO2. The summed E-state index contributed by atoms with van der Waals surface area (Å²) in [5.74, 6) is 0.976. The summed E-state index contributed by atoms with van der Waals surface area (Å²) in [5, 5.41) is 4.41. The number of rotatable bonds is 4. The number of methoxy groups -OCH3 is 1. The van der Waals surface area contributed by atoms with Crippen molar-refractivity contribution < 1.29 is 9.47 Å². The van der Waals surface area contributed by atoms with E-state index in [2.05, 4.69) is 19.2 Å². The highest BCUT2D eigenvalue weighted by Gasteiger charge is 2.48. The first kappa shape index (κ1) is 14.2. The summed E-state index contributed by atoms with van der Waals surface area (Å²) < 4.78 is 11.4. The molecule has 1 aliphatic carbocycles. The van der Waals surface area contributed by atoms with E-state index in [1.807, 2.05) is 18.2 Å². The molecule has 2 aliphatic rings. The summed E-state index contributed by atoms with van der Waals surface area (Å²) in [6, 6.07) is 6.36. The number of hydrogen-bond donors (Lipinski definition) is 1. The molecule has 1 fully saturated rings. The van der Waals surface area contributed by atoms with Crippen LogP contribution in [0.4, 0.5) is 0 Å². The zero-order valence-electron chi connectivity index (χ0n) is 12.3. The average molecular weight is 296 g/mol. The van der Waals surface area contributed by atoms with Crippen molar-refractivity contribution in [3.63, 3.8) is 0 Å². The molecule has 0 saturated heterocycles. The summed E-state index contributed by atoms with van der Waals surface area (Å²) in [6.07, 6.45) is 2.58. The van der Waals surface area contributed by atoms with Crippen LogP contribution in [0.15, 0.2) is 18.2 Å². The van der Waals surface area contributed by atoms with Crippen LogP contribution < -0.4 is 10.1 Å². The molecule has 0 aromatic heterocycles. The predicted octanol–water partition coefficient (Wildman–Crippen LogP) is 3.05. The Morgan fingerprint density at radius 1 is 1.45 bits per heavy atom. The molecule has 20 heavy (non-hydrogen) atoms. The molecule has 1 aromatic carbocycles. The van der Waals surface area contributed by atoms with Crippen LogP contribution in [0.3, 0.4) is 0 Å². The fraction of sp³-hybridized carbons (Fsp3) is 0.625. The van der Waals surface area contributed by atoms with Crippen molar-refractivity contribution in [2.45, 2.75) is 44.9 Å². The largest absolute Gasteiger partial charge is 0.488 e. The maximum atomic E-state index is 6.01. The van der Waals surface area contributed by atoms with Crippen molar-refractivity contribution in [2.24, 2.45) is 5.41 Å². The number of benzene rings is 1. The van der Waals surface area contributed by atoms with Crippen molar-refractivity contribution in [3.8, 4) is 5.75 Å². The second kappa shape index (κ2) is 5.21. The molecule has 0 radical (unpaired) electrons. The standard InChI is InChI=1S/C16H22ClNO2/c1-16(2)14(8-15(16)19-3)18-9-12-7-10-6-11(17)4-5-13(10)20-12/h4-6,12,14-15,18H,7-9H2,1-3H3. The Balaban J connectivity index is 1.52. The average Bonchev–Trinajstić information content (AvgIpc) is 2.79. The van der Waals surface area contributed by atoms with E-state index in [-0.39, 0.29) is 11.5 Å². The third kappa shape index (κ3) is 2.43. The van der Waals surface area contributed by atoms with Gasteiger partial charge in [-0.05, 0) is 30.2 Å². The van der Waals surface area contributed by atoms with Crippen molar-refractivity contribution in [1.29, 1.82) is 0 Å². The summed E-state index contributed by atoms with van der Waals surface area (Å²) in [6.45, 7) is 5.38. The molecule has 3 nitrogen and oxygen atoms in total. The topological polar surface area (TPSA) is 30.5 Å². The van der Waals surface area contributed by atoms with Crippen LogP contribution >= 0.6 is 11.6 Å². The minimum absolute atomic E-state index is 0.198. The molecule has 1 aromatic rings. The zero-order chi connectivity index (χ0) is 14.3. The highest BCUT2D eigenvalue weighted by atomic mass is 35.5. The monoisotopic (exact) mass is 295 g/mol. The van der Waals surface area contributed by atoms with Gasteiger partial charge in [0.2, 0.25) is 0 Å². The van der Waals surface area contributed by atoms with Crippen LogP contribution in [0.2, 0.25) is 5.02 Å². The van der Waals surface area contributed by atoms with Gasteiger partial charge in [-0.1, -0.05) is 25.4 Å². The Kier molecular flexibility index (Phi) is 3.69. The molecule has 1 heterocycles. The Hall–Kier alpha value is -0.770. The van der Waals surface area contributed by atoms with E-state index >= 15 is 0 Å². The molecule has 110 valence electrons. The van der Waals surface area contributed by atoms with Crippen molar-refractivity contribution >= 4 is 11.6 Å². The van der Waals surface area contributed by atoms with Crippen LogP contribution in [0, 0.1) is 5.41 Å². The molecule has 3 unspecified atom stereocenters. The Morgan fingerprint density at radius 2 is 2.25 bits per heavy atom. The first-order valence-corrected chi connectivity index (χ1v) is 7.59. The molecule has 1 saturated carbocycles. The van der Waals surface area contributed by atoms with Gasteiger partial charge >= 0.3 is 0 Å². The third-order valence-corrected chi connectivity index (χ3v) is 5.05. The quantitative estimate of drug-likeness (QED) is 0.926. The third-order valence-electron chi connectivity index (χ3n) is 4.82. The lowest BCUT2D eigenvalue weighted by atomic mass is 9.64. The van der Waals surface area contributed by atoms with E-state index in [0.717, 1.165) is 30.2 Å². The van der Waals surface area contributed by atoms with E-state index in [9.17, 15) is 0 Å². The lowest BCUT2D eigenvalue weighted by molar-refractivity contribution is -0.0986. The summed E-state index contributed by atoms with van der Waals surface area (Å²) in [5.41, 5.74) is 1.41. The first-order valence-electron chi connectivity index (χ1n) is 7.22. The molecular weight excluding hydrogens is 274 g/mol. The maximum Gasteiger partial charge on any atom is 0.123 e. The number of hydrogen-bond acceptors (Lipinski definition) is 3. The van der Waals surface area contributed by atoms with E-state index in [0.29, 0.717) is 12.1 Å². The van der Waals surface area contributed by atoms with Crippen molar-refractivity contribution in [1.82, 2.24) is 5.32 Å². The smallest absolute Gasteiger partial charge is 0.123 e. The van der Waals surface area contributed by atoms with Gasteiger partial charge in [-0.25, -0.2) is 0 Å². The van der Waals surface area contributed by atoms with Crippen LogP contribution in [0.1, 0.15) is 25.8 Å². The Morgan fingerprint density at radius 3 is 2.95 bits per heavy atom. The number of fused-ring (bicyclic) bond motifs is 1. The number of nitrogens with one attached hydrogen (secondary N) is 1. The summed E-state index contributed by atoms with van der Waals surface area (Å²) >= 11 is 6.01. The normalized spacial score (nSPS) is 30.5. The second-order valence-corrected chi connectivity index (χ2v) is 6.87. The lowest BCUT2D eigenvalue weighted by Crippen LogP contribution is -2.61. The molecule has 3 rings (SSSR count). The summed E-state index contributed by atoms with van der Waals surface area (Å²) in [7, 11) is 1.79. The molecule has 0 spiro atoms. The Bertz CT molecular complexity index is 503. The molecule has 1 aliphatic heterocycles. The van der Waals surface area contributed by atoms with Gasteiger partial charge in [0, 0.05) is 36.6 Å². The fourth-order valence-corrected chi connectivity index (χ4v) is 3.50. The molecule has 0 bridgehead atoms. The van der Waals surface area contributed by atoms with Crippen LogP contribution in [-0.4, -0.2) is 31.9 Å². The highest BCUT2D eigenvalue weighted by Crippen LogP contribution is 2.42. The predicted molar refractivity (Wildman–Crippen MR) is 80.6 cm³/mol. The van der Waals surface area contributed by atoms with Gasteiger partial charge in [0.25, 0.3) is 0 Å². The van der Waals surface area contributed by atoms with Crippen LogP contribution in [-0.2, 0) is 11.2 Å². The molecule has 4 heteroatoms. The number of halogens is 1. The fourth-order valence-electron chi connectivity index (χ4n) is 3.31. The van der Waals surface area contributed by atoms with Gasteiger partial charge < -0.3 is 14.8 Å². The molecule has 3 atom stereocenters. The zero-order valence-corrected chi connectivity index (χ0v) is 13.0. The van der Waals surface area contributed by atoms with E-state index in [1.54, 1.807) is 7.11 Å². The van der Waals surface area contributed by atoms with Gasteiger partial charge in [0.15, 0.2) is 0 Å².